The fraction of sp³-hybridized carbons (Fsp3) is 0.647. The van der Waals surface area contributed by atoms with Gasteiger partial charge in [0.25, 0.3) is 0 Å². The monoisotopic (exact) mass is 276 g/mol. The van der Waals surface area contributed by atoms with Gasteiger partial charge in [0.05, 0.1) is 12.1 Å². The van der Waals surface area contributed by atoms with Crippen LogP contribution in [0.5, 0.6) is 0 Å². The molecule has 0 saturated carbocycles. The molecule has 4 atom stereocenters. The van der Waals surface area contributed by atoms with E-state index in [2.05, 4.69) is 43.0 Å². The zero-order valence-electron chi connectivity index (χ0n) is 12.9. The molecule has 0 radical (unpaired) electrons. The first kappa shape index (κ1) is 15.5. The molecule has 3 N–H and O–H groups in total. The van der Waals surface area contributed by atoms with Crippen molar-refractivity contribution in [3.63, 3.8) is 0 Å². The van der Waals surface area contributed by atoms with Crippen LogP contribution in [0.3, 0.4) is 0 Å². The number of likely N-dealkylation sites (tertiary alicyclic amines) is 1. The van der Waals surface area contributed by atoms with Gasteiger partial charge in [-0.15, -0.1) is 0 Å². The molecule has 4 unspecified atom stereocenters. The highest BCUT2D eigenvalue weighted by Gasteiger charge is 2.34. The minimum absolute atomic E-state index is 0.142. The molecule has 1 fully saturated rings. The summed E-state index contributed by atoms with van der Waals surface area (Å²) >= 11 is 0. The maximum absolute atomic E-state index is 9.81. The molecule has 1 heterocycles. The molecule has 1 aliphatic rings. The largest absolute Gasteiger partial charge is 0.393 e. The first-order valence-corrected chi connectivity index (χ1v) is 7.77. The summed E-state index contributed by atoms with van der Waals surface area (Å²) in [5, 5.41) is 9.81. The van der Waals surface area contributed by atoms with Crippen molar-refractivity contribution in [3.8, 4) is 0 Å². The quantitative estimate of drug-likeness (QED) is 0.868. The Morgan fingerprint density at radius 1 is 1.40 bits per heavy atom. The third-order valence-corrected chi connectivity index (χ3v) is 4.72. The molecule has 1 aliphatic heterocycles. The molecule has 0 aliphatic carbocycles. The van der Waals surface area contributed by atoms with Crippen molar-refractivity contribution in [2.24, 2.45) is 11.7 Å². The summed E-state index contributed by atoms with van der Waals surface area (Å²) in [6, 6.07) is 8.95. The lowest BCUT2D eigenvalue weighted by Crippen LogP contribution is -2.40. The Balaban J connectivity index is 2.24. The van der Waals surface area contributed by atoms with Gasteiger partial charge >= 0.3 is 0 Å². The van der Waals surface area contributed by atoms with Crippen LogP contribution in [0.25, 0.3) is 0 Å². The van der Waals surface area contributed by atoms with Crippen LogP contribution in [0.2, 0.25) is 0 Å². The maximum atomic E-state index is 9.81. The summed E-state index contributed by atoms with van der Waals surface area (Å²) in [4.78, 5) is 2.47. The molecule has 2 rings (SSSR count). The van der Waals surface area contributed by atoms with Gasteiger partial charge in [-0.2, -0.15) is 0 Å². The van der Waals surface area contributed by atoms with E-state index in [0.29, 0.717) is 5.92 Å². The molecule has 0 amide bonds. The number of rotatable bonds is 5. The van der Waals surface area contributed by atoms with E-state index in [0.717, 1.165) is 25.9 Å². The molecule has 112 valence electrons. The number of aryl methyl sites for hydroxylation is 1. The summed E-state index contributed by atoms with van der Waals surface area (Å²) in [7, 11) is 0. The van der Waals surface area contributed by atoms with Crippen molar-refractivity contribution in [2.75, 3.05) is 13.1 Å². The fourth-order valence-electron chi connectivity index (χ4n) is 3.30. The second-order valence-corrected chi connectivity index (χ2v) is 6.16. The van der Waals surface area contributed by atoms with E-state index in [4.69, 9.17) is 5.73 Å². The molecular formula is C17H28N2O. The SMILES string of the molecule is CCC(N)C(c1ccccc1C)N1CCC(C(C)O)C1. The van der Waals surface area contributed by atoms with Gasteiger partial charge in [-0.05, 0) is 50.3 Å². The number of nitrogens with two attached hydrogens (primary N) is 1. The highest BCUT2D eigenvalue weighted by atomic mass is 16.3. The van der Waals surface area contributed by atoms with Gasteiger partial charge in [0, 0.05) is 12.6 Å². The van der Waals surface area contributed by atoms with Gasteiger partial charge in [0.15, 0.2) is 0 Å². The second-order valence-electron chi connectivity index (χ2n) is 6.16. The van der Waals surface area contributed by atoms with Crippen LogP contribution in [0.4, 0.5) is 0 Å². The van der Waals surface area contributed by atoms with E-state index < -0.39 is 0 Å². The Morgan fingerprint density at radius 2 is 2.10 bits per heavy atom. The van der Waals surface area contributed by atoms with Gasteiger partial charge in [-0.25, -0.2) is 0 Å². The lowest BCUT2D eigenvalue weighted by atomic mass is 9.93. The molecule has 1 aromatic rings. The number of aliphatic hydroxyl groups is 1. The summed E-state index contributed by atoms with van der Waals surface area (Å²) in [6.45, 7) is 8.19. The summed E-state index contributed by atoms with van der Waals surface area (Å²) in [6.07, 6.45) is 1.81. The number of hydrogen-bond acceptors (Lipinski definition) is 3. The van der Waals surface area contributed by atoms with Gasteiger partial charge < -0.3 is 10.8 Å². The molecule has 1 saturated heterocycles. The lowest BCUT2D eigenvalue weighted by molar-refractivity contribution is 0.118. The Hall–Kier alpha value is -0.900. The van der Waals surface area contributed by atoms with Crippen LogP contribution in [0.15, 0.2) is 24.3 Å². The van der Waals surface area contributed by atoms with Crippen LogP contribution < -0.4 is 5.73 Å². The van der Waals surface area contributed by atoms with Crippen LogP contribution in [0, 0.1) is 12.8 Å². The van der Waals surface area contributed by atoms with Crippen LogP contribution in [0.1, 0.15) is 43.9 Å². The Labute approximate surface area is 122 Å². The average molecular weight is 276 g/mol. The third kappa shape index (κ3) is 3.22. The van der Waals surface area contributed by atoms with Crippen LogP contribution >= 0.6 is 0 Å². The van der Waals surface area contributed by atoms with E-state index in [1.54, 1.807) is 0 Å². The minimum atomic E-state index is -0.227. The minimum Gasteiger partial charge on any atom is -0.393 e. The predicted octanol–water partition coefficient (Wildman–Crippen LogP) is 2.48. The summed E-state index contributed by atoms with van der Waals surface area (Å²) < 4.78 is 0. The molecule has 1 aromatic carbocycles. The zero-order chi connectivity index (χ0) is 14.7. The predicted molar refractivity (Wildman–Crippen MR) is 83.5 cm³/mol. The van der Waals surface area contributed by atoms with Crippen molar-refractivity contribution in [1.29, 1.82) is 0 Å². The normalized spacial score (nSPS) is 24.6. The van der Waals surface area contributed by atoms with E-state index in [1.807, 2.05) is 6.92 Å². The first-order valence-electron chi connectivity index (χ1n) is 7.77. The molecular weight excluding hydrogens is 248 g/mol. The smallest absolute Gasteiger partial charge is 0.0552 e. The van der Waals surface area contributed by atoms with Gasteiger partial charge in [-0.3, -0.25) is 4.90 Å². The molecule has 0 spiro atoms. The third-order valence-electron chi connectivity index (χ3n) is 4.72. The first-order chi connectivity index (χ1) is 9.54. The molecule has 3 nitrogen and oxygen atoms in total. The van der Waals surface area contributed by atoms with Crippen molar-refractivity contribution in [3.05, 3.63) is 35.4 Å². The van der Waals surface area contributed by atoms with Gasteiger partial charge in [0.1, 0.15) is 0 Å². The van der Waals surface area contributed by atoms with Gasteiger partial charge in [-0.1, -0.05) is 31.2 Å². The topological polar surface area (TPSA) is 49.5 Å². The Kier molecular flexibility index (Phi) is 5.19. The molecule has 3 heteroatoms. The van der Waals surface area contributed by atoms with E-state index in [1.165, 1.54) is 11.1 Å². The highest BCUT2D eigenvalue weighted by molar-refractivity contribution is 5.30. The van der Waals surface area contributed by atoms with E-state index in [9.17, 15) is 5.11 Å². The van der Waals surface area contributed by atoms with Crippen molar-refractivity contribution >= 4 is 0 Å². The van der Waals surface area contributed by atoms with Crippen LogP contribution in [-0.2, 0) is 0 Å². The highest BCUT2D eigenvalue weighted by Crippen LogP contribution is 2.33. The number of aliphatic hydroxyl groups excluding tert-OH is 1. The number of benzene rings is 1. The van der Waals surface area contributed by atoms with Crippen molar-refractivity contribution in [2.45, 2.75) is 51.8 Å². The van der Waals surface area contributed by atoms with E-state index >= 15 is 0 Å². The summed E-state index contributed by atoms with van der Waals surface area (Å²) in [5.74, 6) is 0.380. The number of nitrogens with zero attached hydrogens (tertiary/aromatic N) is 1. The standard InChI is InChI=1S/C17H28N2O/c1-4-16(18)17(15-8-6-5-7-12(15)2)19-10-9-14(11-19)13(3)20/h5-8,13-14,16-17,20H,4,9-11,18H2,1-3H3. The molecule has 20 heavy (non-hydrogen) atoms. The zero-order valence-corrected chi connectivity index (χ0v) is 12.9. The Bertz CT molecular complexity index is 433. The average Bonchev–Trinajstić information content (AvgIpc) is 2.90. The molecule has 0 aromatic heterocycles. The van der Waals surface area contributed by atoms with Crippen LogP contribution in [-0.4, -0.2) is 35.2 Å². The second kappa shape index (κ2) is 6.70. The van der Waals surface area contributed by atoms with Gasteiger partial charge in [0.2, 0.25) is 0 Å². The van der Waals surface area contributed by atoms with E-state index in [-0.39, 0.29) is 18.2 Å². The maximum Gasteiger partial charge on any atom is 0.0552 e. The van der Waals surface area contributed by atoms with Crippen molar-refractivity contribution in [1.82, 2.24) is 4.90 Å². The number of hydrogen-bond donors (Lipinski definition) is 2. The molecule has 0 bridgehead atoms. The fourth-order valence-corrected chi connectivity index (χ4v) is 3.30. The lowest BCUT2D eigenvalue weighted by Gasteiger charge is -2.34. The van der Waals surface area contributed by atoms with Crippen molar-refractivity contribution < 1.29 is 5.11 Å². The summed E-state index contributed by atoms with van der Waals surface area (Å²) in [5.41, 5.74) is 9.06. The Morgan fingerprint density at radius 3 is 2.65 bits per heavy atom.